The van der Waals surface area contributed by atoms with Crippen molar-refractivity contribution in [2.75, 3.05) is 19.5 Å². The molecule has 2 fully saturated rings. The van der Waals surface area contributed by atoms with E-state index >= 15 is 0 Å². The molecular weight excluding hydrogens is 384 g/mol. The number of halogens is 1. The SMILES string of the molecule is CSc1ccc(C(CC[C@H]2CCC3(C2)OCC(C)(C)CO3)C(=O)O)cc1Cl. The van der Waals surface area contributed by atoms with Gasteiger partial charge in [0, 0.05) is 23.2 Å². The molecule has 1 spiro atoms. The van der Waals surface area contributed by atoms with E-state index in [9.17, 15) is 9.90 Å². The third kappa shape index (κ3) is 5.00. The molecule has 1 aromatic carbocycles. The zero-order valence-corrected chi connectivity index (χ0v) is 17.9. The van der Waals surface area contributed by atoms with E-state index in [-0.39, 0.29) is 5.41 Å². The number of carbonyl (C=O) groups is 1. The van der Waals surface area contributed by atoms with Gasteiger partial charge in [0.1, 0.15) is 0 Å². The summed E-state index contributed by atoms with van der Waals surface area (Å²) in [6.07, 6.45) is 6.22. The molecule has 1 heterocycles. The lowest BCUT2D eigenvalue weighted by Crippen LogP contribution is -2.46. The Balaban J connectivity index is 1.59. The summed E-state index contributed by atoms with van der Waals surface area (Å²) >= 11 is 7.84. The van der Waals surface area contributed by atoms with Crippen LogP contribution in [0.2, 0.25) is 5.02 Å². The molecule has 0 bridgehead atoms. The van der Waals surface area contributed by atoms with Crippen LogP contribution >= 0.6 is 23.4 Å². The molecule has 0 radical (unpaired) electrons. The average molecular weight is 413 g/mol. The highest BCUT2D eigenvalue weighted by Gasteiger charge is 2.46. The van der Waals surface area contributed by atoms with Crippen LogP contribution in [0.3, 0.4) is 0 Å². The molecule has 0 aromatic heterocycles. The summed E-state index contributed by atoms with van der Waals surface area (Å²) in [4.78, 5) is 12.8. The van der Waals surface area contributed by atoms with Gasteiger partial charge in [-0.15, -0.1) is 11.8 Å². The minimum atomic E-state index is -0.789. The van der Waals surface area contributed by atoms with Crippen LogP contribution in [0.15, 0.2) is 23.1 Å². The number of aliphatic carboxylic acids is 1. The zero-order valence-electron chi connectivity index (χ0n) is 16.3. The maximum atomic E-state index is 11.8. The fourth-order valence-corrected chi connectivity index (χ4v) is 4.93. The molecule has 1 unspecified atom stereocenters. The minimum Gasteiger partial charge on any atom is -0.481 e. The van der Waals surface area contributed by atoms with Gasteiger partial charge in [-0.05, 0) is 49.1 Å². The number of hydrogen-bond acceptors (Lipinski definition) is 4. The lowest BCUT2D eigenvalue weighted by molar-refractivity contribution is -0.296. The largest absolute Gasteiger partial charge is 0.481 e. The van der Waals surface area contributed by atoms with Crippen LogP contribution in [-0.4, -0.2) is 36.3 Å². The summed E-state index contributed by atoms with van der Waals surface area (Å²) < 4.78 is 12.2. The van der Waals surface area contributed by atoms with Crippen molar-refractivity contribution in [1.29, 1.82) is 0 Å². The maximum absolute atomic E-state index is 11.8. The van der Waals surface area contributed by atoms with Crippen LogP contribution in [0, 0.1) is 11.3 Å². The Morgan fingerprint density at radius 3 is 2.67 bits per heavy atom. The first-order valence-corrected chi connectivity index (χ1v) is 11.2. The van der Waals surface area contributed by atoms with Crippen LogP contribution in [-0.2, 0) is 14.3 Å². The van der Waals surface area contributed by atoms with Crippen molar-refractivity contribution >= 4 is 29.3 Å². The Morgan fingerprint density at radius 2 is 2.07 bits per heavy atom. The van der Waals surface area contributed by atoms with E-state index in [0.717, 1.165) is 49.4 Å². The molecule has 1 saturated carbocycles. The van der Waals surface area contributed by atoms with Crippen LogP contribution in [0.5, 0.6) is 0 Å². The highest BCUT2D eigenvalue weighted by molar-refractivity contribution is 7.98. The highest BCUT2D eigenvalue weighted by Crippen LogP contribution is 2.45. The molecule has 1 aromatic rings. The van der Waals surface area contributed by atoms with Crippen molar-refractivity contribution in [3.63, 3.8) is 0 Å². The molecule has 1 aliphatic carbocycles. The van der Waals surface area contributed by atoms with Gasteiger partial charge in [0.2, 0.25) is 0 Å². The average Bonchev–Trinajstić information content (AvgIpc) is 3.01. The summed E-state index contributed by atoms with van der Waals surface area (Å²) in [6.45, 7) is 5.74. The fraction of sp³-hybridized carbons (Fsp3) is 0.667. The van der Waals surface area contributed by atoms with E-state index in [1.165, 1.54) is 0 Å². The predicted octanol–water partition coefficient (Wildman–Crippen LogP) is 5.58. The lowest BCUT2D eigenvalue weighted by atomic mass is 9.89. The standard InChI is InChI=1S/C21H29ClO4S/c1-20(2)12-25-21(26-13-20)9-8-14(11-21)4-6-16(19(23)24)15-5-7-18(27-3)17(22)10-15/h5,7,10,14,16H,4,6,8-9,11-13H2,1-3H3,(H,23,24)/t14-,16?/m0/s1. The first kappa shape index (κ1) is 21.0. The monoisotopic (exact) mass is 412 g/mol. The second kappa shape index (κ2) is 8.32. The molecule has 27 heavy (non-hydrogen) atoms. The number of rotatable bonds is 6. The van der Waals surface area contributed by atoms with E-state index in [2.05, 4.69) is 13.8 Å². The highest BCUT2D eigenvalue weighted by atomic mass is 35.5. The van der Waals surface area contributed by atoms with Crippen LogP contribution in [0.25, 0.3) is 0 Å². The van der Waals surface area contributed by atoms with Crippen molar-refractivity contribution in [1.82, 2.24) is 0 Å². The summed E-state index contributed by atoms with van der Waals surface area (Å²) in [6, 6.07) is 5.61. The van der Waals surface area contributed by atoms with Crippen molar-refractivity contribution in [3.8, 4) is 0 Å². The van der Waals surface area contributed by atoms with Gasteiger partial charge in [-0.25, -0.2) is 0 Å². The summed E-state index contributed by atoms with van der Waals surface area (Å²) in [5.41, 5.74) is 0.852. The van der Waals surface area contributed by atoms with Gasteiger partial charge in [-0.3, -0.25) is 4.79 Å². The van der Waals surface area contributed by atoms with Gasteiger partial charge in [-0.2, -0.15) is 0 Å². The minimum absolute atomic E-state index is 0.0694. The molecular formula is C21H29ClO4S. The number of hydrogen-bond donors (Lipinski definition) is 1. The first-order valence-electron chi connectivity index (χ1n) is 9.58. The number of carboxylic acid groups (broad SMARTS) is 1. The second-order valence-corrected chi connectivity index (χ2v) is 9.88. The third-order valence-corrected chi connectivity index (χ3v) is 6.95. The molecule has 6 heteroatoms. The molecule has 3 rings (SSSR count). The predicted molar refractivity (Wildman–Crippen MR) is 109 cm³/mol. The summed E-state index contributed by atoms with van der Waals surface area (Å²) in [5.74, 6) is -1.32. The Labute approximate surface area is 171 Å². The molecule has 2 atom stereocenters. The number of thioether (sulfide) groups is 1. The zero-order chi connectivity index (χ0) is 19.7. The van der Waals surface area contributed by atoms with Gasteiger partial charge < -0.3 is 14.6 Å². The van der Waals surface area contributed by atoms with Crippen molar-refractivity contribution in [2.45, 2.75) is 62.6 Å². The van der Waals surface area contributed by atoms with E-state index in [1.807, 2.05) is 18.4 Å². The van der Waals surface area contributed by atoms with Gasteiger partial charge in [0.25, 0.3) is 0 Å². The normalized spacial score (nSPS) is 24.8. The van der Waals surface area contributed by atoms with Gasteiger partial charge >= 0.3 is 5.97 Å². The Hall–Kier alpha value is -0.750. The fourth-order valence-electron chi connectivity index (χ4n) is 4.05. The van der Waals surface area contributed by atoms with Gasteiger partial charge in [0.05, 0.1) is 24.2 Å². The van der Waals surface area contributed by atoms with Crippen molar-refractivity contribution in [3.05, 3.63) is 28.8 Å². The first-order chi connectivity index (χ1) is 12.7. The molecule has 4 nitrogen and oxygen atoms in total. The smallest absolute Gasteiger partial charge is 0.310 e. The van der Waals surface area contributed by atoms with E-state index in [4.69, 9.17) is 21.1 Å². The molecule has 2 aliphatic rings. The number of carboxylic acids is 1. The Bertz CT molecular complexity index is 681. The van der Waals surface area contributed by atoms with Gasteiger partial charge in [0.15, 0.2) is 5.79 Å². The van der Waals surface area contributed by atoms with Crippen molar-refractivity contribution < 1.29 is 19.4 Å². The van der Waals surface area contributed by atoms with E-state index < -0.39 is 17.7 Å². The molecule has 0 amide bonds. The Kier molecular flexibility index (Phi) is 6.46. The van der Waals surface area contributed by atoms with Crippen LogP contribution < -0.4 is 0 Å². The van der Waals surface area contributed by atoms with E-state index in [0.29, 0.717) is 17.4 Å². The molecule has 150 valence electrons. The van der Waals surface area contributed by atoms with E-state index in [1.54, 1.807) is 17.8 Å². The Morgan fingerprint density at radius 1 is 1.37 bits per heavy atom. The van der Waals surface area contributed by atoms with Gasteiger partial charge in [-0.1, -0.05) is 31.5 Å². The summed E-state index contributed by atoms with van der Waals surface area (Å²) in [5, 5.41) is 10.3. The lowest BCUT2D eigenvalue weighted by Gasteiger charge is -2.41. The summed E-state index contributed by atoms with van der Waals surface area (Å²) in [7, 11) is 0. The van der Waals surface area contributed by atoms with Crippen LogP contribution in [0.4, 0.5) is 0 Å². The molecule has 1 aliphatic heterocycles. The van der Waals surface area contributed by atoms with Crippen LogP contribution in [0.1, 0.15) is 57.4 Å². The maximum Gasteiger partial charge on any atom is 0.310 e. The molecule has 1 saturated heterocycles. The number of ether oxygens (including phenoxy) is 2. The second-order valence-electron chi connectivity index (χ2n) is 8.62. The topological polar surface area (TPSA) is 55.8 Å². The quantitative estimate of drug-likeness (QED) is 0.618. The molecule has 1 N–H and O–H groups in total. The third-order valence-electron chi connectivity index (χ3n) is 5.72. The number of benzene rings is 1. The van der Waals surface area contributed by atoms with Crippen molar-refractivity contribution in [2.24, 2.45) is 11.3 Å².